The van der Waals surface area contributed by atoms with E-state index in [0.717, 1.165) is 32.9 Å². The van der Waals surface area contributed by atoms with Gasteiger partial charge in [0.25, 0.3) is 0 Å². The Balaban J connectivity index is 1.91. The van der Waals surface area contributed by atoms with Gasteiger partial charge in [-0.3, -0.25) is 4.79 Å². The fourth-order valence-corrected chi connectivity index (χ4v) is 5.73. The van der Waals surface area contributed by atoms with Crippen LogP contribution in [0.5, 0.6) is 0 Å². The molecule has 11 heteroatoms. The molecule has 192 valence electrons. The highest BCUT2D eigenvalue weighted by molar-refractivity contribution is 7.89. The van der Waals surface area contributed by atoms with E-state index in [1.807, 2.05) is 18.4 Å². The SMILES string of the molecule is C=CCN(CC(=O)N(Cc1ccc(F)cc1)Cc1sccc1C)S(=O)(=O)c1cccc(C(F)(F)F)c1. The van der Waals surface area contributed by atoms with Crippen molar-refractivity contribution in [1.82, 2.24) is 9.21 Å². The van der Waals surface area contributed by atoms with Gasteiger partial charge in [-0.1, -0.05) is 24.3 Å². The van der Waals surface area contributed by atoms with E-state index in [2.05, 4.69) is 6.58 Å². The van der Waals surface area contributed by atoms with Gasteiger partial charge in [0, 0.05) is 18.0 Å². The number of aryl methyl sites for hydroxylation is 1. The van der Waals surface area contributed by atoms with Crippen molar-refractivity contribution >= 4 is 27.3 Å². The van der Waals surface area contributed by atoms with Crippen LogP contribution in [0.1, 0.15) is 21.6 Å². The van der Waals surface area contributed by atoms with Crippen LogP contribution in [0.2, 0.25) is 0 Å². The Labute approximate surface area is 211 Å². The van der Waals surface area contributed by atoms with E-state index in [4.69, 9.17) is 0 Å². The Morgan fingerprint density at radius 2 is 1.78 bits per heavy atom. The smallest absolute Gasteiger partial charge is 0.332 e. The number of thiophene rings is 1. The molecule has 0 spiro atoms. The lowest BCUT2D eigenvalue weighted by Crippen LogP contribution is -2.42. The van der Waals surface area contributed by atoms with Gasteiger partial charge in [-0.25, -0.2) is 12.8 Å². The van der Waals surface area contributed by atoms with Crippen molar-refractivity contribution < 1.29 is 30.8 Å². The molecule has 2 aromatic carbocycles. The zero-order valence-corrected chi connectivity index (χ0v) is 21.0. The number of carbonyl (C=O) groups is 1. The molecule has 0 radical (unpaired) electrons. The summed E-state index contributed by atoms with van der Waals surface area (Å²) in [5.41, 5.74) is 0.478. The van der Waals surface area contributed by atoms with Crippen LogP contribution in [0.15, 0.2) is 77.5 Å². The minimum Gasteiger partial charge on any atom is -0.332 e. The number of sulfonamides is 1. The van der Waals surface area contributed by atoms with E-state index < -0.39 is 44.9 Å². The molecule has 5 nitrogen and oxygen atoms in total. The first-order chi connectivity index (χ1) is 16.9. The largest absolute Gasteiger partial charge is 0.416 e. The summed E-state index contributed by atoms with van der Waals surface area (Å²) >= 11 is 1.44. The van der Waals surface area contributed by atoms with Gasteiger partial charge in [-0.15, -0.1) is 17.9 Å². The van der Waals surface area contributed by atoms with E-state index in [-0.39, 0.29) is 19.6 Å². The first-order valence-corrected chi connectivity index (χ1v) is 13.1. The highest BCUT2D eigenvalue weighted by Gasteiger charge is 2.34. The standard InChI is InChI=1S/C25H24F4N2O3S2/c1-3-12-31(36(33,34)22-6-4-5-20(14-22)25(27,28)29)17-24(32)30(16-23-18(2)11-13-35-23)15-19-7-9-21(26)10-8-19/h3-11,13-14H,1,12,15-17H2,2H3. The Morgan fingerprint density at radius 3 is 2.36 bits per heavy atom. The molecule has 0 unspecified atom stereocenters. The predicted octanol–water partition coefficient (Wildman–Crippen LogP) is 5.62. The molecular formula is C25H24F4N2O3S2. The molecule has 0 fully saturated rings. The summed E-state index contributed by atoms with van der Waals surface area (Å²) in [4.78, 5) is 15.1. The lowest BCUT2D eigenvalue weighted by Gasteiger charge is -2.27. The fraction of sp³-hybridized carbons (Fsp3) is 0.240. The van der Waals surface area contributed by atoms with Crippen molar-refractivity contribution in [3.8, 4) is 0 Å². The average molecular weight is 541 g/mol. The minimum absolute atomic E-state index is 0.0853. The third kappa shape index (κ3) is 6.80. The van der Waals surface area contributed by atoms with E-state index in [0.29, 0.717) is 11.6 Å². The van der Waals surface area contributed by atoms with Crippen LogP contribution in [0.3, 0.4) is 0 Å². The summed E-state index contributed by atoms with van der Waals surface area (Å²) in [6.07, 6.45) is -3.47. The van der Waals surface area contributed by atoms with Crippen LogP contribution in [0.4, 0.5) is 17.6 Å². The van der Waals surface area contributed by atoms with Crippen molar-refractivity contribution in [1.29, 1.82) is 0 Å². The molecule has 0 atom stereocenters. The molecule has 1 amide bonds. The van der Waals surface area contributed by atoms with Crippen LogP contribution >= 0.6 is 11.3 Å². The lowest BCUT2D eigenvalue weighted by molar-refractivity contribution is -0.137. The monoisotopic (exact) mass is 540 g/mol. The Hall–Kier alpha value is -3.02. The Kier molecular flexibility index (Phi) is 8.70. The van der Waals surface area contributed by atoms with Gasteiger partial charge in [0.15, 0.2) is 0 Å². The first-order valence-electron chi connectivity index (χ1n) is 10.8. The molecule has 0 aliphatic carbocycles. The summed E-state index contributed by atoms with van der Waals surface area (Å²) in [5, 5.41) is 1.87. The molecule has 0 aliphatic heterocycles. The number of nitrogens with zero attached hydrogens (tertiary/aromatic N) is 2. The van der Waals surface area contributed by atoms with Gasteiger partial charge in [0.1, 0.15) is 5.82 Å². The molecule has 0 N–H and O–H groups in total. The number of amides is 1. The molecule has 0 saturated carbocycles. The van der Waals surface area contributed by atoms with Crippen molar-refractivity contribution in [3.63, 3.8) is 0 Å². The molecule has 1 heterocycles. The summed E-state index contributed by atoms with van der Waals surface area (Å²) in [6.45, 7) is 4.77. The second-order valence-electron chi connectivity index (χ2n) is 8.01. The van der Waals surface area contributed by atoms with E-state index in [1.165, 1.54) is 46.6 Å². The maximum Gasteiger partial charge on any atom is 0.416 e. The fourth-order valence-electron chi connectivity index (χ4n) is 3.41. The number of rotatable bonds is 10. The highest BCUT2D eigenvalue weighted by atomic mass is 32.2. The van der Waals surface area contributed by atoms with Crippen LogP contribution in [-0.4, -0.2) is 36.6 Å². The molecule has 1 aromatic heterocycles. The molecule has 0 bridgehead atoms. The number of alkyl halides is 3. The second kappa shape index (κ2) is 11.4. The summed E-state index contributed by atoms with van der Waals surface area (Å²) in [5.74, 6) is -1.00. The summed E-state index contributed by atoms with van der Waals surface area (Å²) in [7, 11) is -4.46. The Bertz CT molecular complexity index is 1320. The van der Waals surface area contributed by atoms with Gasteiger partial charge in [0.05, 0.1) is 23.5 Å². The number of carbonyl (C=O) groups excluding carboxylic acids is 1. The predicted molar refractivity (Wildman–Crippen MR) is 130 cm³/mol. The number of hydrogen-bond acceptors (Lipinski definition) is 4. The van der Waals surface area contributed by atoms with Gasteiger partial charge in [-0.2, -0.15) is 17.5 Å². The van der Waals surface area contributed by atoms with Crippen molar-refractivity contribution in [2.75, 3.05) is 13.1 Å². The van der Waals surface area contributed by atoms with Crippen LogP contribution in [0, 0.1) is 12.7 Å². The van der Waals surface area contributed by atoms with Crippen LogP contribution < -0.4 is 0 Å². The normalized spacial score (nSPS) is 12.1. The van der Waals surface area contributed by atoms with Crippen molar-refractivity contribution in [3.05, 3.63) is 100 Å². The number of hydrogen-bond donors (Lipinski definition) is 0. The topological polar surface area (TPSA) is 57.7 Å². The van der Waals surface area contributed by atoms with Crippen LogP contribution in [-0.2, 0) is 34.1 Å². The third-order valence-electron chi connectivity index (χ3n) is 5.39. The first kappa shape index (κ1) is 27.6. The van der Waals surface area contributed by atoms with Crippen LogP contribution in [0.25, 0.3) is 0 Å². The molecular weight excluding hydrogens is 516 g/mol. The second-order valence-corrected chi connectivity index (χ2v) is 11.0. The van der Waals surface area contributed by atoms with Gasteiger partial charge in [-0.05, 0) is 59.8 Å². The molecule has 3 rings (SSSR count). The van der Waals surface area contributed by atoms with Crippen molar-refractivity contribution in [2.45, 2.75) is 31.1 Å². The molecule has 36 heavy (non-hydrogen) atoms. The summed E-state index contributed by atoms with van der Waals surface area (Å²) < 4.78 is 80.1. The van der Waals surface area contributed by atoms with Gasteiger partial charge < -0.3 is 4.90 Å². The number of benzene rings is 2. The molecule has 0 aliphatic rings. The van der Waals surface area contributed by atoms with E-state index in [1.54, 1.807) is 0 Å². The number of halogens is 4. The maximum absolute atomic E-state index is 13.4. The summed E-state index contributed by atoms with van der Waals surface area (Å²) in [6, 6.07) is 10.8. The minimum atomic E-state index is -4.73. The van der Waals surface area contributed by atoms with Crippen molar-refractivity contribution in [2.24, 2.45) is 0 Å². The van der Waals surface area contributed by atoms with Gasteiger partial charge in [0.2, 0.25) is 15.9 Å². The zero-order chi connectivity index (χ0) is 26.5. The molecule has 3 aromatic rings. The zero-order valence-electron chi connectivity index (χ0n) is 19.3. The van der Waals surface area contributed by atoms with E-state index in [9.17, 15) is 30.8 Å². The maximum atomic E-state index is 13.4. The average Bonchev–Trinajstić information content (AvgIpc) is 3.23. The quantitative estimate of drug-likeness (QED) is 0.248. The third-order valence-corrected chi connectivity index (χ3v) is 8.20. The van der Waals surface area contributed by atoms with Gasteiger partial charge >= 0.3 is 6.18 Å². The molecule has 0 saturated heterocycles. The lowest BCUT2D eigenvalue weighted by atomic mass is 10.2. The highest BCUT2D eigenvalue weighted by Crippen LogP contribution is 2.31. The Morgan fingerprint density at radius 1 is 1.08 bits per heavy atom. The van der Waals surface area contributed by atoms with E-state index >= 15 is 0 Å².